The zero-order valence-corrected chi connectivity index (χ0v) is 15.9. The Bertz CT molecular complexity index is 738. The Morgan fingerprint density at radius 3 is 2.88 bits per heavy atom. The molecule has 134 valence electrons. The summed E-state index contributed by atoms with van der Waals surface area (Å²) in [6.07, 6.45) is 4.06. The van der Waals surface area contributed by atoms with Crippen LogP contribution < -0.4 is 10.6 Å². The van der Waals surface area contributed by atoms with E-state index in [2.05, 4.69) is 10.6 Å². The van der Waals surface area contributed by atoms with Crippen molar-refractivity contribution in [1.29, 1.82) is 0 Å². The number of thiophene rings is 2. The van der Waals surface area contributed by atoms with Crippen LogP contribution in [-0.2, 0) is 28.9 Å². The lowest BCUT2D eigenvalue weighted by Crippen LogP contribution is -2.27. The van der Waals surface area contributed by atoms with E-state index < -0.39 is 0 Å². The standard InChI is InChI=1S/C18H22N2O3S2/c1-2-23-18(22)16-13-7-3-4-8-14(13)25-17(16)20-15(21)11-19-10-12-6-5-9-24-12/h5-6,9,19H,2-4,7-8,10-11H2,1H3,(H,20,21). The number of amides is 1. The Morgan fingerprint density at radius 1 is 1.28 bits per heavy atom. The predicted molar refractivity (Wildman–Crippen MR) is 102 cm³/mol. The van der Waals surface area contributed by atoms with E-state index in [9.17, 15) is 9.59 Å². The molecule has 0 radical (unpaired) electrons. The number of rotatable bonds is 7. The molecule has 3 rings (SSSR count). The summed E-state index contributed by atoms with van der Waals surface area (Å²) in [4.78, 5) is 27.0. The number of esters is 1. The van der Waals surface area contributed by atoms with Crippen LogP contribution in [0.2, 0.25) is 0 Å². The summed E-state index contributed by atoms with van der Waals surface area (Å²) in [6.45, 7) is 3.00. The molecule has 0 fully saturated rings. The molecule has 0 atom stereocenters. The highest BCUT2D eigenvalue weighted by Crippen LogP contribution is 2.38. The molecule has 7 heteroatoms. The first-order valence-electron chi connectivity index (χ1n) is 8.53. The first-order valence-corrected chi connectivity index (χ1v) is 10.2. The van der Waals surface area contributed by atoms with Crippen molar-refractivity contribution < 1.29 is 14.3 Å². The molecule has 0 spiro atoms. The zero-order chi connectivity index (χ0) is 17.6. The molecule has 2 aromatic heterocycles. The minimum atomic E-state index is -0.330. The Kier molecular flexibility index (Phi) is 6.23. The van der Waals surface area contributed by atoms with Gasteiger partial charge in [-0.2, -0.15) is 0 Å². The van der Waals surface area contributed by atoms with E-state index in [-0.39, 0.29) is 18.4 Å². The third-order valence-corrected chi connectivity index (χ3v) is 6.15. The number of aryl methyl sites for hydroxylation is 1. The number of hydrogen-bond donors (Lipinski definition) is 2. The second-order valence-electron chi connectivity index (χ2n) is 5.87. The quantitative estimate of drug-likeness (QED) is 0.723. The maximum Gasteiger partial charge on any atom is 0.341 e. The summed E-state index contributed by atoms with van der Waals surface area (Å²) in [5.41, 5.74) is 1.63. The third-order valence-electron chi connectivity index (χ3n) is 4.07. The fraction of sp³-hybridized carbons (Fsp3) is 0.444. The molecule has 5 nitrogen and oxygen atoms in total. The lowest BCUT2D eigenvalue weighted by Gasteiger charge is -2.12. The van der Waals surface area contributed by atoms with Crippen molar-refractivity contribution in [3.05, 3.63) is 38.4 Å². The number of nitrogens with one attached hydrogen (secondary N) is 2. The van der Waals surface area contributed by atoms with E-state index in [1.54, 1.807) is 18.3 Å². The van der Waals surface area contributed by atoms with Gasteiger partial charge < -0.3 is 15.4 Å². The van der Waals surface area contributed by atoms with Crippen LogP contribution in [0.1, 0.15) is 45.4 Å². The van der Waals surface area contributed by atoms with Crippen LogP contribution >= 0.6 is 22.7 Å². The Hall–Kier alpha value is -1.70. The second kappa shape index (κ2) is 8.60. The second-order valence-corrected chi connectivity index (χ2v) is 8.00. The van der Waals surface area contributed by atoms with Gasteiger partial charge in [-0.3, -0.25) is 4.79 Å². The normalized spacial score (nSPS) is 13.3. The number of carbonyl (C=O) groups is 2. The van der Waals surface area contributed by atoms with Gasteiger partial charge in [-0.15, -0.1) is 22.7 Å². The van der Waals surface area contributed by atoms with Crippen molar-refractivity contribution >= 4 is 39.6 Å². The number of hydrogen-bond acceptors (Lipinski definition) is 6. The molecule has 0 aromatic carbocycles. The molecule has 2 N–H and O–H groups in total. The minimum Gasteiger partial charge on any atom is -0.462 e. The average Bonchev–Trinajstić information content (AvgIpc) is 3.22. The van der Waals surface area contributed by atoms with Gasteiger partial charge in [-0.1, -0.05) is 6.07 Å². The van der Waals surface area contributed by atoms with Crippen LogP contribution in [0.25, 0.3) is 0 Å². The van der Waals surface area contributed by atoms with Crippen LogP contribution in [-0.4, -0.2) is 25.0 Å². The number of ether oxygens (including phenoxy) is 1. The Balaban J connectivity index is 1.67. The summed E-state index contributed by atoms with van der Waals surface area (Å²) < 4.78 is 5.21. The SMILES string of the molecule is CCOC(=O)c1c(NC(=O)CNCc2cccs2)sc2c1CCCC2. The molecule has 0 saturated carbocycles. The highest BCUT2D eigenvalue weighted by Gasteiger charge is 2.27. The van der Waals surface area contributed by atoms with Gasteiger partial charge in [0.25, 0.3) is 0 Å². The largest absolute Gasteiger partial charge is 0.462 e. The van der Waals surface area contributed by atoms with E-state index >= 15 is 0 Å². The monoisotopic (exact) mass is 378 g/mol. The highest BCUT2D eigenvalue weighted by molar-refractivity contribution is 7.17. The predicted octanol–water partition coefficient (Wildman–Crippen LogP) is 3.59. The topological polar surface area (TPSA) is 67.4 Å². The number of anilines is 1. The molecule has 25 heavy (non-hydrogen) atoms. The van der Waals surface area contributed by atoms with Crippen molar-refractivity contribution in [1.82, 2.24) is 5.32 Å². The van der Waals surface area contributed by atoms with Gasteiger partial charge in [0.1, 0.15) is 5.00 Å². The van der Waals surface area contributed by atoms with E-state index in [1.165, 1.54) is 21.1 Å². The van der Waals surface area contributed by atoms with Crippen LogP contribution in [0, 0.1) is 0 Å². The van der Waals surface area contributed by atoms with Gasteiger partial charge in [0, 0.05) is 16.3 Å². The van der Waals surface area contributed by atoms with E-state index in [4.69, 9.17) is 4.74 Å². The van der Waals surface area contributed by atoms with E-state index in [0.29, 0.717) is 23.7 Å². The number of carbonyl (C=O) groups excluding carboxylic acids is 2. The van der Waals surface area contributed by atoms with Gasteiger partial charge in [-0.05, 0) is 49.6 Å². The van der Waals surface area contributed by atoms with Crippen LogP contribution in [0.15, 0.2) is 17.5 Å². The van der Waals surface area contributed by atoms with Crippen molar-refractivity contribution in [2.75, 3.05) is 18.5 Å². The summed E-state index contributed by atoms with van der Waals surface area (Å²) in [5.74, 6) is -0.468. The van der Waals surface area contributed by atoms with Gasteiger partial charge in [0.2, 0.25) is 5.91 Å². The van der Waals surface area contributed by atoms with Gasteiger partial charge >= 0.3 is 5.97 Å². The zero-order valence-electron chi connectivity index (χ0n) is 14.2. The maximum atomic E-state index is 12.4. The molecule has 2 aromatic rings. The van der Waals surface area contributed by atoms with Crippen molar-refractivity contribution in [2.24, 2.45) is 0 Å². The van der Waals surface area contributed by atoms with Crippen LogP contribution in [0.4, 0.5) is 5.00 Å². The van der Waals surface area contributed by atoms with Gasteiger partial charge in [-0.25, -0.2) is 4.79 Å². The molecule has 0 bridgehead atoms. The molecule has 1 aliphatic rings. The summed E-state index contributed by atoms with van der Waals surface area (Å²) in [7, 11) is 0. The minimum absolute atomic E-state index is 0.138. The maximum absolute atomic E-state index is 12.4. The molecule has 0 unspecified atom stereocenters. The fourth-order valence-electron chi connectivity index (χ4n) is 2.96. The molecule has 2 heterocycles. The Morgan fingerprint density at radius 2 is 2.12 bits per heavy atom. The molecule has 1 aliphatic carbocycles. The molecule has 1 amide bonds. The summed E-state index contributed by atoms with van der Waals surface area (Å²) in [6, 6.07) is 4.02. The Labute approximate surface area is 155 Å². The van der Waals surface area contributed by atoms with Crippen molar-refractivity contribution in [3.8, 4) is 0 Å². The van der Waals surface area contributed by atoms with E-state index in [0.717, 1.165) is 31.2 Å². The molecular weight excluding hydrogens is 356 g/mol. The summed E-state index contributed by atoms with van der Waals surface area (Å²) >= 11 is 3.17. The summed E-state index contributed by atoms with van der Waals surface area (Å²) in [5, 5.41) is 8.68. The van der Waals surface area contributed by atoms with Gasteiger partial charge in [0.05, 0.1) is 18.7 Å². The van der Waals surface area contributed by atoms with Crippen LogP contribution in [0.5, 0.6) is 0 Å². The average molecular weight is 379 g/mol. The molecule has 0 saturated heterocycles. The van der Waals surface area contributed by atoms with Crippen LogP contribution in [0.3, 0.4) is 0 Å². The molecule has 0 aliphatic heterocycles. The smallest absolute Gasteiger partial charge is 0.341 e. The first kappa shape index (κ1) is 18.1. The van der Waals surface area contributed by atoms with Crippen molar-refractivity contribution in [3.63, 3.8) is 0 Å². The van der Waals surface area contributed by atoms with Gasteiger partial charge in [0.15, 0.2) is 0 Å². The van der Waals surface area contributed by atoms with Crippen molar-refractivity contribution in [2.45, 2.75) is 39.2 Å². The third kappa shape index (κ3) is 4.48. The van der Waals surface area contributed by atoms with E-state index in [1.807, 2.05) is 17.5 Å². The molecular formula is C18H22N2O3S2. The lowest BCUT2D eigenvalue weighted by atomic mass is 9.95. The highest BCUT2D eigenvalue weighted by atomic mass is 32.1. The number of fused-ring (bicyclic) bond motifs is 1. The fourth-order valence-corrected chi connectivity index (χ4v) is 4.92. The lowest BCUT2D eigenvalue weighted by molar-refractivity contribution is -0.115. The first-order chi connectivity index (χ1) is 12.2.